The quantitative estimate of drug-likeness (QED) is 0.626. The van der Waals surface area contributed by atoms with Gasteiger partial charge in [-0.25, -0.2) is 4.98 Å². The molecule has 27 heavy (non-hydrogen) atoms. The maximum absolute atomic E-state index is 4.68. The van der Waals surface area contributed by atoms with Crippen LogP contribution in [0, 0.1) is 6.92 Å². The van der Waals surface area contributed by atoms with Crippen LogP contribution < -0.4 is 10.6 Å². The van der Waals surface area contributed by atoms with E-state index in [1.54, 1.807) is 6.20 Å². The minimum absolute atomic E-state index is 0.495. The molecule has 5 heteroatoms. The average molecular weight is 359 g/mol. The molecule has 0 spiro atoms. The van der Waals surface area contributed by atoms with Crippen molar-refractivity contribution in [3.63, 3.8) is 0 Å². The second-order valence-corrected chi connectivity index (χ2v) is 7.47. The summed E-state index contributed by atoms with van der Waals surface area (Å²) in [6.07, 6.45) is 5.96. The smallest absolute Gasteiger partial charge is 0.225 e. The summed E-state index contributed by atoms with van der Waals surface area (Å²) in [6, 6.07) is 12.9. The molecule has 0 bridgehead atoms. The number of nitrogens with one attached hydrogen (secondary N) is 2. The highest BCUT2D eigenvalue weighted by Crippen LogP contribution is 2.28. The van der Waals surface area contributed by atoms with Crippen LogP contribution in [0.25, 0.3) is 11.3 Å². The Labute approximate surface area is 160 Å². The number of nitrogens with zero attached hydrogens (tertiary/aromatic N) is 3. The predicted molar refractivity (Wildman–Crippen MR) is 110 cm³/mol. The van der Waals surface area contributed by atoms with E-state index in [-0.39, 0.29) is 0 Å². The lowest BCUT2D eigenvalue weighted by molar-refractivity contribution is 0.857. The van der Waals surface area contributed by atoms with E-state index < -0.39 is 0 Å². The first kappa shape index (κ1) is 17.5. The molecule has 2 aromatic heterocycles. The summed E-state index contributed by atoms with van der Waals surface area (Å²) < 4.78 is 0. The first-order valence-corrected chi connectivity index (χ1v) is 9.52. The van der Waals surface area contributed by atoms with Crippen molar-refractivity contribution in [1.29, 1.82) is 0 Å². The first-order valence-electron chi connectivity index (χ1n) is 9.52. The fourth-order valence-corrected chi connectivity index (χ4v) is 3.20. The van der Waals surface area contributed by atoms with Gasteiger partial charge < -0.3 is 10.6 Å². The molecule has 0 aliphatic heterocycles. The van der Waals surface area contributed by atoms with E-state index in [0.717, 1.165) is 22.8 Å². The molecule has 0 atom stereocenters. The molecule has 5 nitrogen and oxygen atoms in total. The van der Waals surface area contributed by atoms with Gasteiger partial charge >= 0.3 is 0 Å². The number of anilines is 3. The molecule has 4 rings (SSSR count). The van der Waals surface area contributed by atoms with E-state index in [2.05, 4.69) is 64.6 Å². The standard InChI is InChI=1S/C22H25N5/c1-14(2)19-9-8-18(11-15(19)3)24-21-12-20(16-5-4-10-23-13-16)26-22(27-21)25-17-6-7-17/h4-5,8-14,17H,6-7H2,1-3H3,(H2,24,25,26,27). The fourth-order valence-electron chi connectivity index (χ4n) is 3.20. The van der Waals surface area contributed by atoms with Crippen LogP contribution >= 0.6 is 0 Å². The summed E-state index contributed by atoms with van der Waals surface area (Å²) >= 11 is 0. The van der Waals surface area contributed by atoms with Crippen molar-refractivity contribution < 1.29 is 0 Å². The Morgan fingerprint density at radius 2 is 1.93 bits per heavy atom. The Balaban J connectivity index is 1.66. The van der Waals surface area contributed by atoms with Crippen LogP contribution in [0.15, 0.2) is 48.8 Å². The lowest BCUT2D eigenvalue weighted by Gasteiger charge is -2.14. The molecule has 1 aliphatic carbocycles. The molecule has 3 aromatic rings. The van der Waals surface area contributed by atoms with Gasteiger partial charge in [0.15, 0.2) is 0 Å². The highest BCUT2D eigenvalue weighted by atomic mass is 15.2. The second kappa shape index (κ2) is 7.35. The largest absolute Gasteiger partial charge is 0.351 e. The van der Waals surface area contributed by atoms with Crippen molar-refractivity contribution in [2.45, 2.75) is 45.6 Å². The van der Waals surface area contributed by atoms with Crippen molar-refractivity contribution in [3.05, 3.63) is 59.9 Å². The lowest BCUT2D eigenvalue weighted by atomic mass is 9.98. The average Bonchev–Trinajstić information content (AvgIpc) is 3.46. The van der Waals surface area contributed by atoms with Gasteiger partial charge in [-0.2, -0.15) is 4.98 Å². The highest BCUT2D eigenvalue weighted by Gasteiger charge is 2.22. The van der Waals surface area contributed by atoms with Crippen LogP contribution in [0.4, 0.5) is 17.5 Å². The van der Waals surface area contributed by atoms with E-state index in [9.17, 15) is 0 Å². The summed E-state index contributed by atoms with van der Waals surface area (Å²) in [6.45, 7) is 6.59. The number of benzene rings is 1. The van der Waals surface area contributed by atoms with Gasteiger partial charge in [0.2, 0.25) is 5.95 Å². The van der Waals surface area contributed by atoms with E-state index in [0.29, 0.717) is 17.9 Å². The van der Waals surface area contributed by atoms with Gasteiger partial charge in [-0.3, -0.25) is 4.98 Å². The van der Waals surface area contributed by atoms with Gasteiger partial charge in [0.25, 0.3) is 0 Å². The molecule has 0 amide bonds. The first-order chi connectivity index (χ1) is 13.1. The number of hydrogen-bond acceptors (Lipinski definition) is 5. The van der Waals surface area contributed by atoms with Crippen LogP contribution in [0.3, 0.4) is 0 Å². The maximum Gasteiger partial charge on any atom is 0.225 e. The van der Waals surface area contributed by atoms with Crippen molar-refractivity contribution >= 4 is 17.5 Å². The molecule has 0 saturated heterocycles. The summed E-state index contributed by atoms with van der Waals surface area (Å²) in [5.74, 6) is 1.96. The third-order valence-corrected chi connectivity index (χ3v) is 4.76. The van der Waals surface area contributed by atoms with Crippen LogP contribution in [0.5, 0.6) is 0 Å². The third kappa shape index (κ3) is 4.25. The number of rotatable bonds is 6. The van der Waals surface area contributed by atoms with E-state index in [1.165, 1.54) is 24.0 Å². The van der Waals surface area contributed by atoms with E-state index in [4.69, 9.17) is 0 Å². The summed E-state index contributed by atoms with van der Waals surface area (Å²) in [5, 5.41) is 6.85. The Morgan fingerprint density at radius 3 is 2.59 bits per heavy atom. The Bertz CT molecular complexity index is 933. The van der Waals surface area contributed by atoms with Gasteiger partial charge in [-0.1, -0.05) is 19.9 Å². The maximum atomic E-state index is 4.68. The van der Waals surface area contributed by atoms with Crippen LogP contribution in [-0.4, -0.2) is 21.0 Å². The van der Waals surface area contributed by atoms with Gasteiger partial charge in [0, 0.05) is 35.8 Å². The summed E-state index contributed by atoms with van der Waals surface area (Å²) in [5.41, 5.74) is 5.53. The number of pyridine rings is 1. The van der Waals surface area contributed by atoms with Crippen molar-refractivity contribution in [1.82, 2.24) is 15.0 Å². The molecular weight excluding hydrogens is 334 g/mol. The second-order valence-electron chi connectivity index (χ2n) is 7.47. The van der Waals surface area contributed by atoms with Gasteiger partial charge in [0.05, 0.1) is 5.69 Å². The monoisotopic (exact) mass is 359 g/mol. The normalized spacial score (nSPS) is 13.6. The van der Waals surface area contributed by atoms with Crippen molar-refractivity contribution in [2.24, 2.45) is 0 Å². The number of aryl methyl sites for hydroxylation is 1. The molecule has 0 unspecified atom stereocenters. The Hall–Kier alpha value is -2.95. The van der Waals surface area contributed by atoms with Gasteiger partial charge in [0.1, 0.15) is 5.82 Å². The minimum Gasteiger partial charge on any atom is -0.351 e. The van der Waals surface area contributed by atoms with Gasteiger partial charge in [-0.15, -0.1) is 0 Å². The Morgan fingerprint density at radius 1 is 1.07 bits per heavy atom. The molecule has 2 heterocycles. The molecule has 1 saturated carbocycles. The zero-order chi connectivity index (χ0) is 18.8. The third-order valence-electron chi connectivity index (χ3n) is 4.76. The lowest BCUT2D eigenvalue weighted by Crippen LogP contribution is -2.08. The van der Waals surface area contributed by atoms with Crippen molar-refractivity contribution in [2.75, 3.05) is 10.6 Å². The summed E-state index contributed by atoms with van der Waals surface area (Å²) in [4.78, 5) is 13.6. The van der Waals surface area contributed by atoms with Crippen molar-refractivity contribution in [3.8, 4) is 11.3 Å². The molecule has 2 N–H and O–H groups in total. The molecule has 1 aliphatic rings. The zero-order valence-corrected chi connectivity index (χ0v) is 16.0. The molecular formula is C22H25N5. The Kier molecular flexibility index (Phi) is 4.75. The highest BCUT2D eigenvalue weighted by molar-refractivity contribution is 5.67. The van der Waals surface area contributed by atoms with E-state index >= 15 is 0 Å². The fraction of sp³-hybridized carbons (Fsp3) is 0.318. The van der Waals surface area contributed by atoms with Gasteiger partial charge in [-0.05, 0) is 61.1 Å². The SMILES string of the molecule is Cc1cc(Nc2cc(-c3cccnc3)nc(NC3CC3)n2)ccc1C(C)C. The van der Waals surface area contributed by atoms with Crippen LogP contribution in [0.2, 0.25) is 0 Å². The summed E-state index contributed by atoms with van der Waals surface area (Å²) in [7, 11) is 0. The number of hydrogen-bond donors (Lipinski definition) is 2. The topological polar surface area (TPSA) is 62.7 Å². The molecule has 1 aromatic carbocycles. The zero-order valence-electron chi connectivity index (χ0n) is 16.0. The van der Waals surface area contributed by atoms with Crippen LogP contribution in [-0.2, 0) is 0 Å². The molecule has 0 radical (unpaired) electrons. The molecule has 1 fully saturated rings. The molecule has 138 valence electrons. The number of aromatic nitrogens is 3. The van der Waals surface area contributed by atoms with Crippen LogP contribution in [0.1, 0.15) is 43.7 Å². The van der Waals surface area contributed by atoms with E-state index in [1.807, 2.05) is 24.4 Å². The predicted octanol–water partition coefficient (Wildman–Crippen LogP) is 5.29. The minimum atomic E-state index is 0.495.